The molecule has 0 N–H and O–H groups in total. The minimum absolute atomic E-state index is 0.221. The third-order valence-electron chi connectivity index (χ3n) is 3.56. The zero-order valence-electron chi connectivity index (χ0n) is 12.4. The van der Waals surface area contributed by atoms with Gasteiger partial charge < -0.3 is 9.30 Å². The number of benzene rings is 2. The fourth-order valence-corrected chi connectivity index (χ4v) is 2.31. The molecule has 3 nitrogen and oxygen atoms in total. The molecule has 22 heavy (non-hydrogen) atoms. The predicted octanol–water partition coefficient (Wildman–Crippen LogP) is 4.29. The molecule has 3 aromatic rings. The Morgan fingerprint density at radius 3 is 2.59 bits per heavy atom. The van der Waals surface area contributed by atoms with Crippen LogP contribution in [0.4, 0.5) is 4.39 Å². The van der Waals surface area contributed by atoms with E-state index in [2.05, 4.69) is 16.5 Å². The Labute approximate surface area is 129 Å². The number of halogens is 1. The summed E-state index contributed by atoms with van der Waals surface area (Å²) in [5.41, 5.74) is 2.70. The summed E-state index contributed by atoms with van der Waals surface area (Å²) in [5.74, 6) is 0.473. The van der Waals surface area contributed by atoms with Gasteiger partial charge in [-0.25, -0.2) is 9.37 Å². The van der Waals surface area contributed by atoms with Crippen molar-refractivity contribution in [1.29, 1.82) is 0 Å². The number of hydrogen-bond donors (Lipinski definition) is 0. The van der Waals surface area contributed by atoms with Gasteiger partial charge in [0.2, 0.25) is 0 Å². The van der Waals surface area contributed by atoms with E-state index in [4.69, 9.17) is 4.74 Å². The summed E-state index contributed by atoms with van der Waals surface area (Å²) >= 11 is 0. The van der Waals surface area contributed by atoms with Crippen molar-refractivity contribution in [3.63, 3.8) is 0 Å². The SMILES string of the molecule is CCn1cncc1-c1ccc(OCc2ccccc2F)cc1. The molecule has 0 amide bonds. The van der Waals surface area contributed by atoms with Crippen molar-refractivity contribution >= 4 is 0 Å². The van der Waals surface area contributed by atoms with E-state index in [1.165, 1.54) is 6.07 Å². The molecule has 4 heteroatoms. The van der Waals surface area contributed by atoms with E-state index in [-0.39, 0.29) is 12.4 Å². The zero-order valence-corrected chi connectivity index (χ0v) is 12.4. The van der Waals surface area contributed by atoms with Gasteiger partial charge in [0.15, 0.2) is 0 Å². The first-order valence-corrected chi connectivity index (χ1v) is 7.24. The summed E-state index contributed by atoms with van der Waals surface area (Å²) in [6.07, 6.45) is 3.66. The largest absolute Gasteiger partial charge is 0.489 e. The first kappa shape index (κ1) is 14.3. The summed E-state index contributed by atoms with van der Waals surface area (Å²) in [4.78, 5) is 4.17. The van der Waals surface area contributed by atoms with Crippen molar-refractivity contribution in [2.45, 2.75) is 20.1 Å². The lowest BCUT2D eigenvalue weighted by atomic mass is 10.1. The Morgan fingerprint density at radius 2 is 1.86 bits per heavy atom. The number of imidazole rings is 1. The summed E-state index contributed by atoms with van der Waals surface area (Å²) in [6, 6.07) is 14.4. The van der Waals surface area contributed by atoms with Gasteiger partial charge >= 0.3 is 0 Å². The topological polar surface area (TPSA) is 27.1 Å². The molecule has 0 saturated carbocycles. The van der Waals surface area contributed by atoms with Gasteiger partial charge in [0.05, 0.1) is 18.2 Å². The van der Waals surface area contributed by atoms with Crippen molar-refractivity contribution in [2.24, 2.45) is 0 Å². The zero-order chi connectivity index (χ0) is 15.4. The van der Waals surface area contributed by atoms with E-state index in [0.717, 1.165) is 23.6 Å². The van der Waals surface area contributed by atoms with Crippen molar-refractivity contribution in [1.82, 2.24) is 9.55 Å². The number of hydrogen-bond acceptors (Lipinski definition) is 2. The second-order valence-electron chi connectivity index (χ2n) is 4.97. The highest BCUT2D eigenvalue weighted by Crippen LogP contribution is 2.23. The van der Waals surface area contributed by atoms with Crippen LogP contribution in [-0.2, 0) is 13.2 Å². The highest BCUT2D eigenvalue weighted by Gasteiger charge is 2.05. The van der Waals surface area contributed by atoms with Crippen LogP contribution in [0.15, 0.2) is 61.1 Å². The molecule has 0 unspecified atom stereocenters. The van der Waals surface area contributed by atoms with Gasteiger partial charge in [0, 0.05) is 17.7 Å². The third kappa shape index (κ3) is 3.01. The quantitative estimate of drug-likeness (QED) is 0.702. The molecule has 0 saturated heterocycles. The van der Waals surface area contributed by atoms with Gasteiger partial charge in [-0.3, -0.25) is 0 Å². The monoisotopic (exact) mass is 296 g/mol. The summed E-state index contributed by atoms with van der Waals surface area (Å²) in [5, 5.41) is 0. The van der Waals surface area contributed by atoms with Crippen LogP contribution in [0.1, 0.15) is 12.5 Å². The Bertz CT molecular complexity index is 750. The van der Waals surface area contributed by atoms with E-state index in [1.807, 2.05) is 36.8 Å². The number of aryl methyl sites for hydroxylation is 1. The van der Waals surface area contributed by atoms with Crippen LogP contribution in [0.3, 0.4) is 0 Å². The summed E-state index contributed by atoms with van der Waals surface area (Å²) < 4.78 is 21.3. The smallest absolute Gasteiger partial charge is 0.129 e. The molecule has 0 aliphatic rings. The molecule has 0 spiro atoms. The van der Waals surface area contributed by atoms with E-state index in [0.29, 0.717) is 5.56 Å². The molecular formula is C18H17FN2O. The van der Waals surface area contributed by atoms with Crippen molar-refractivity contribution < 1.29 is 9.13 Å². The summed E-state index contributed by atoms with van der Waals surface area (Å²) in [7, 11) is 0. The van der Waals surface area contributed by atoms with Crippen LogP contribution in [-0.4, -0.2) is 9.55 Å². The van der Waals surface area contributed by atoms with Crippen LogP contribution >= 0.6 is 0 Å². The van der Waals surface area contributed by atoms with Crippen LogP contribution < -0.4 is 4.74 Å². The minimum Gasteiger partial charge on any atom is -0.489 e. The number of nitrogens with zero attached hydrogens (tertiary/aromatic N) is 2. The normalized spacial score (nSPS) is 10.6. The molecule has 2 aromatic carbocycles. The lowest BCUT2D eigenvalue weighted by Gasteiger charge is -2.09. The van der Waals surface area contributed by atoms with E-state index in [1.54, 1.807) is 18.2 Å². The maximum atomic E-state index is 13.5. The Kier molecular flexibility index (Phi) is 4.19. The number of aromatic nitrogens is 2. The fourth-order valence-electron chi connectivity index (χ4n) is 2.31. The highest BCUT2D eigenvalue weighted by molar-refractivity contribution is 5.59. The molecule has 0 atom stereocenters. The molecule has 0 fully saturated rings. The maximum absolute atomic E-state index is 13.5. The predicted molar refractivity (Wildman–Crippen MR) is 84.1 cm³/mol. The summed E-state index contributed by atoms with van der Waals surface area (Å²) in [6.45, 7) is 3.18. The van der Waals surface area contributed by atoms with Crippen molar-refractivity contribution in [3.8, 4) is 17.0 Å². The molecule has 3 rings (SSSR count). The van der Waals surface area contributed by atoms with Crippen LogP contribution in [0.2, 0.25) is 0 Å². The Balaban J connectivity index is 1.71. The molecule has 112 valence electrons. The standard InChI is InChI=1S/C18H17FN2O/c1-2-21-13-20-11-18(21)14-7-9-16(10-8-14)22-12-15-5-3-4-6-17(15)19/h3-11,13H,2,12H2,1H3. The average molecular weight is 296 g/mol. The lowest BCUT2D eigenvalue weighted by Crippen LogP contribution is -1.98. The average Bonchev–Trinajstić information content (AvgIpc) is 3.03. The Hall–Kier alpha value is -2.62. The van der Waals surface area contributed by atoms with E-state index >= 15 is 0 Å². The van der Waals surface area contributed by atoms with Gasteiger partial charge in [-0.1, -0.05) is 18.2 Å². The molecular weight excluding hydrogens is 279 g/mol. The van der Waals surface area contributed by atoms with Crippen LogP contribution in [0.5, 0.6) is 5.75 Å². The number of rotatable bonds is 5. The molecule has 1 aromatic heterocycles. The number of ether oxygens (including phenoxy) is 1. The van der Waals surface area contributed by atoms with Crippen molar-refractivity contribution in [3.05, 3.63) is 72.4 Å². The van der Waals surface area contributed by atoms with Gasteiger partial charge in [-0.15, -0.1) is 0 Å². The Morgan fingerprint density at radius 1 is 1.09 bits per heavy atom. The fraction of sp³-hybridized carbons (Fsp3) is 0.167. The first-order valence-electron chi connectivity index (χ1n) is 7.24. The molecule has 0 radical (unpaired) electrons. The molecule has 1 heterocycles. The van der Waals surface area contributed by atoms with Crippen molar-refractivity contribution in [2.75, 3.05) is 0 Å². The maximum Gasteiger partial charge on any atom is 0.129 e. The van der Waals surface area contributed by atoms with E-state index in [9.17, 15) is 4.39 Å². The van der Waals surface area contributed by atoms with Crippen LogP contribution in [0, 0.1) is 5.82 Å². The second-order valence-corrected chi connectivity index (χ2v) is 4.97. The molecule has 0 bridgehead atoms. The van der Waals surface area contributed by atoms with Gasteiger partial charge in [0.25, 0.3) is 0 Å². The molecule has 0 aliphatic heterocycles. The van der Waals surface area contributed by atoms with Gasteiger partial charge in [-0.05, 0) is 37.3 Å². The van der Waals surface area contributed by atoms with E-state index < -0.39 is 0 Å². The molecule has 0 aliphatic carbocycles. The van der Waals surface area contributed by atoms with Crippen LogP contribution in [0.25, 0.3) is 11.3 Å². The second kappa shape index (κ2) is 6.43. The van der Waals surface area contributed by atoms with Gasteiger partial charge in [-0.2, -0.15) is 0 Å². The minimum atomic E-state index is -0.244. The lowest BCUT2D eigenvalue weighted by molar-refractivity contribution is 0.300. The first-order chi connectivity index (χ1) is 10.8. The van der Waals surface area contributed by atoms with Gasteiger partial charge in [0.1, 0.15) is 18.2 Å². The highest BCUT2D eigenvalue weighted by atomic mass is 19.1. The third-order valence-corrected chi connectivity index (χ3v) is 3.56.